The molecule has 2 aliphatic rings. The average molecular weight is 346 g/mol. The van der Waals surface area contributed by atoms with Gasteiger partial charge in [-0.2, -0.15) is 0 Å². The molecule has 1 N–H and O–H groups in total. The van der Waals surface area contributed by atoms with Crippen LogP contribution in [-0.4, -0.2) is 57.0 Å². The smallest absolute Gasteiger partial charge is 0.161 e. The molecule has 1 aliphatic carbocycles. The lowest BCUT2D eigenvalue weighted by Crippen LogP contribution is -2.47. The van der Waals surface area contributed by atoms with Gasteiger partial charge in [-0.25, -0.2) is 0 Å². The third-order valence-corrected chi connectivity index (χ3v) is 4.64. The van der Waals surface area contributed by atoms with Crippen LogP contribution >= 0.6 is 0 Å². The maximum atomic E-state index is 5.89. The summed E-state index contributed by atoms with van der Waals surface area (Å²) in [4.78, 5) is 2.58. The van der Waals surface area contributed by atoms with Gasteiger partial charge in [0.15, 0.2) is 11.5 Å². The maximum absolute atomic E-state index is 5.89. The number of benzene rings is 1. The molecule has 0 amide bonds. The Morgan fingerprint density at radius 3 is 2.92 bits per heavy atom. The molecule has 1 aromatic carbocycles. The molecule has 1 unspecified atom stereocenters. The van der Waals surface area contributed by atoms with Crippen molar-refractivity contribution in [3.63, 3.8) is 0 Å². The van der Waals surface area contributed by atoms with E-state index in [4.69, 9.17) is 14.2 Å². The molecule has 1 saturated heterocycles. The summed E-state index contributed by atoms with van der Waals surface area (Å²) >= 11 is 0. The van der Waals surface area contributed by atoms with Crippen molar-refractivity contribution in [3.05, 3.63) is 35.9 Å². The largest absolute Gasteiger partial charge is 0.493 e. The predicted octanol–water partition coefficient (Wildman–Crippen LogP) is 2.60. The van der Waals surface area contributed by atoms with Crippen LogP contribution in [0.25, 0.3) is 0 Å². The highest BCUT2D eigenvalue weighted by Gasteiger charge is 2.32. The molecule has 1 aromatic rings. The molecule has 0 radical (unpaired) electrons. The van der Waals surface area contributed by atoms with Crippen molar-refractivity contribution in [2.75, 3.05) is 40.0 Å². The Balaban J connectivity index is 1.48. The Morgan fingerprint density at radius 2 is 2.20 bits per heavy atom. The zero-order chi connectivity index (χ0) is 17.6. The molecule has 5 heteroatoms. The summed E-state index contributed by atoms with van der Waals surface area (Å²) in [5.74, 6) is 1.51. The number of rotatable bonds is 9. The standard InChI is InChI=1S/C20H30N2O3/c1-15(2)14-25-20-10-16(4-7-19(20)23-3)11-21-12-18-13-22(8-9-24-18)17-5-6-17/h4,7,10,17-18,21H,1,5-6,8-9,11-14H2,2-3H3. The number of nitrogens with one attached hydrogen (secondary N) is 1. The molecule has 2 fully saturated rings. The molecule has 0 spiro atoms. The summed E-state index contributed by atoms with van der Waals surface area (Å²) in [6, 6.07) is 6.88. The first-order valence-electron chi connectivity index (χ1n) is 9.16. The third-order valence-electron chi connectivity index (χ3n) is 4.64. The van der Waals surface area contributed by atoms with Crippen LogP contribution in [0.5, 0.6) is 11.5 Å². The summed E-state index contributed by atoms with van der Waals surface area (Å²) in [5.41, 5.74) is 2.16. The second kappa shape index (κ2) is 8.70. The van der Waals surface area contributed by atoms with Crippen molar-refractivity contribution in [2.45, 2.75) is 38.5 Å². The highest BCUT2D eigenvalue weighted by molar-refractivity contribution is 5.43. The fraction of sp³-hybridized carbons (Fsp3) is 0.600. The lowest BCUT2D eigenvalue weighted by molar-refractivity contribution is -0.0301. The van der Waals surface area contributed by atoms with Crippen LogP contribution in [0.15, 0.2) is 30.4 Å². The zero-order valence-electron chi connectivity index (χ0n) is 15.4. The first-order chi connectivity index (χ1) is 12.2. The van der Waals surface area contributed by atoms with E-state index in [2.05, 4.69) is 22.9 Å². The van der Waals surface area contributed by atoms with Gasteiger partial charge in [0.1, 0.15) is 6.61 Å². The third kappa shape index (κ3) is 5.46. The number of methoxy groups -OCH3 is 1. The molecule has 1 saturated carbocycles. The Labute approximate surface area is 150 Å². The molecule has 0 bridgehead atoms. The molecule has 138 valence electrons. The minimum Gasteiger partial charge on any atom is -0.493 e. The van der Waals surface area contributed by atoms with Crippen LogP contribution < -0.4 is 14.8 Å². The lowest BCUT2D eigenvalue weighted by Gasteiger charge is -2.33. The van der Waals surface area contributed by atoms with E-state index in [1.807, 2.05) is 19.1 Å². The molecular formula is C20H30N2O3. The van der Waals surface area contributed by atoms with Crippen LogP contribution in [0.1, 0.15) is 25.3 Å². The van der Waals surface area contributed by atoms with Crippen LogP contribution in [0.2, 0.25) is 0 Å². The highest BCUT2D eigenvalue weighted by Crippen LogP contribution is 2.29. The van der Waals surface area contributed by atoms with Gasteiger partial charge in [-0.15, -0.1) is 0 Å². The van der Waals surface area contributed by atoms with Crippen molar-refractivity contribution in [2.24, 2.45) is 0 Å². The van der Waals surface area contributed by atoms with Gasteiger partial charge in [-0.1, -0.05) is 12.6 Å². The molecule has 1 aliphatic heterocycles. The highest BCUT2D eigenvalue weighted by atomic mass is 16.5. The Bertz CT molecular complexity index is 586. The fourth-order valence-electron chi connectivity index (χ4n) is 3.16. The minimum atomic E-state index is 0.284. The van der Waals surface area contributed by atoms with Crippen molar-refractivity contribution in [1.29, 1.82) is 0 Å². The van der Waals surface area contributed by atoms with Gasteiger partial charge in [0.2, 0.25) is 0 Å². The van der Waals surface area contributed by atoms with Gasteiger partial charge >= 0.3 is 0 Å². The van der Waals surface area contributed by atoms with E-state index < -0.39 is 0 Å². The van der Waals surface area contributed by atoms with E-state index in [1.54, 1.807) is 7.11 Å². The normalized spacial score (nSPS) is 21.1. The van der Waals surface area contributed by atoms with Crippen LogP contribution in [0.4, 0.5) is 0 Å². The van der Waals surface area contributed by atoms with E-state index in [0.29, 0.717) is 6.61 Å². The van der Waals surface area contributed by atoms with Gasteiger partial charge in [0, 0.05) is 32.2 Å². The molecule has 25 heavy (non-hydrogen) atoms. The second-order valence-corrected chi connectivity index (χ2v) is 7.08. The summed E-state index contributed by atoms with van der Waals surface area (Å²) in [7, 11) is 1.66. The lowest BCUT2D eigenvalue weighted by atomic mass is 10.2. The second-order valence-electron chi connectivity index (χ2n) is 7.08. The predicted molar refractivity (Wildman–Crippen MR) is 99.3 cm³/mol. The minimum absolute atomic E-state index is 0.284. The van der Waals surface area contributed by atoms with E-state index in [1.165, 1.54) is 18.4 Å². The van der Waals surface area contributed by atoms with Crippen LogP contribution in [-0.2, 0) is 11.3 Å². The first kappa shape index (κ1) is 18.2. The number of morpholine rings is 1. The number of hydrogen-bond donors (Lipinski definition) is 1. The van der Waals surface area contributed by atoms with Gasteiger partial charge in [-0.05, 0) is 43.0 Å². The van der Waals surface area contributed by atoms with E-state index in [-0.39, 0.29) is 6.10 Å². The number of hydrogen-bond acceptors (Lipinski definition) is 5. The zero-order valence-corrected chi connectivity index (χ0v) is 15.4. The first-order valence-corrected chi connectivity index (χ1v) is 9.16. The van der Waals surface area contributed by atoms with Gasteiger partial charge in [-0.3, -0.25) is 4.90 Å². The molecule has 3 rings (SSSR count). The summed E-state index contributed by atoms with van der Waals surface area (Å²) in [6.07, 6.45) is 3.00. The quantitative estimate of drug-likeness (QED) is 0.696. The van der Waals surface area contributed by atoms with E-state index >= 15 is 0 Å². The van der Waals surface area contributed by atoms with Gasteiger partial charge in [0.05, 0.1) is 19.8 Å². The van der Waals surface area contributed by atoms with Crippen molar-refractivity contribution in [1.82, 2.24) is 10.2 Å². The van der Waals surface area contributed by atoms with Crippen LogP contribution in [0.3, 0.4) is 0 Å². The molecule has 5 nitrogen and oxygen atoms in total. The molecular weight excluding hydrogens is 316 g/mol. The Kier molecular flexibility index (Phi) is 6.34. The molecule has 1 heterocycles. The fourth-order valence-corrected chi connectivity index (χ4v) is 3.16. The topological polar surface area (TPSA) is 43.0 Å². The van der Waals surface area contributed by atoms with Gasteiger partial charge < -0.3 is 19.5 Å². The molecule has 0 aromatic heterocycles. The summed E-state index contributed by atoms with van der Waals surface area (Å²) in [6.45, 7) is 11.0. The average Bonchev–Trinajstić information content (AvgIpc) is 3.45. The van der Waals surface area contributed by atoms with Crippen molar-refractivity contribution in [3.8, 4) is 11.5 Å². The summed E-state index contributed by atoms with van der Waals surface area (Å²) < 4.78 is 17.1. The Hall–Kier alpha value is -1.56. The summed E-state index contributed by atoms with van der Waals surface area (Å²) in [5, 5.41) is 3.52. The van der Waals surface area contributed by atoms with Crippen LogP contribution in [0, 0.1) is 0 Å². The van der Waals surface area contributed by atoms with E-state index in [0.717, 1.165) is 55.9 Å². The van der Waals surface area contributed by atoms with E-state index in [9.17, 15) is 0 Å². The van der Waals surface area contributed by atoms with Crippen molar-refractivity contribution < 1.29 is 14.2 Å². The van der Waals surface area contributed by atoms with Gasteiger partial charge in [0.25, 0.3) is 0 Å². The molecule has 1 atom stereocenters. The van der Waals surface area contributed by atoms with Crippen molar-refractivity contribution >= 4 is 0 Å². The Morgan fingerprint density at radius 1 is 1.36 bits per heavy atom. The number of ether oxygens (including phenoxy) is 3. The maximum Gasteiger partial charge on any atom is 0.161 e. The monoisotopic (exact) mass is 346 g/mol. The number of nitrogens with zero attached hydrogens (tertiary/aromatic N) is 1. The SMILES string of the molecule is C=C(C)COc1cc(CNCC2CN(C3CC3)CCO2)ccc1OC.